The summed E-state index contributed by atoms with van der Waals surface area (Å²) in [6.45, 7) is 6.41. The van der Waals surface area contributed by atoms with Crippen LogP contribution < -0.4 is 11.1 Å². The van der Waals surface area contributed by atoms with Gasteiger partial charge < -0.3 is 16.2 Å². The maximum Gasteiger partial charge on any atom is 0.253 e. The maximum atomic E-state index is 12.1. The summed E-state index contributed by atoms with van der Waals surface area (Å²) >= 11 is 0. The van der Waals surface area contributed by atoms with E-state index in [2.05, 4.69) is 19.2 Å². The van der Waals surface area contributed by atoms with Crippen molar-refractivity contribution in [2.45, 2.75) is 38.8 Å². The van der Waals surface area contributed by atoms with Crippen molar-refractivity contribution in [2.24, 2.45) is 11.7 Å². The molecule has 2 atom stereocenters. The molecule has 0 fully saturated rings. The predicted molar refractivity (Wildman–Crippen MR) is 76.5 cm³/mol. The Kier molecular flexibility index (Phi) is 5.51. The molecule has 1 aromatic carbocycles. The average Bonchev–Trinajstić information content (AvgIpc) is 2.37. The Morgan fingerprint density at radius 3 is 2.42 bits per heavy atom. The molecule has 4 nitrogen and oxygen atoms in total. The number of benzene rings is 1. The summed E-state index contributed by atoms with van der Waals surface area (Å²) in [6.07, 6.45) is -0.379. The number of carbonyl (C=O) groups is 1. The van der Waals surface area contributed by atoms with Gasteiger partial charge >= 0.3 is 0 Å². The molecule has 0 saturated carbocycles. The molecule has 19 heavy (non-hydrogen) atoms. The minimum absolute atomic E-state index is 0.346. The van der Waals surface area contributed by atoms with Gasteiger partial charge in [0, 0.05) is 12.1 Å². The molecule has 106 valence electrons. The number of nitrogens with two attached hydrogens (primary N) is 1. The number of amides is 1. The molecule has 0 spiro atoms. The van der Waals surface area contributed by atoms with Gasteiger partial charge in [0.1, 0.15) is 0 Å². The molecule has 0 aliphatic carbocycles. The first-order chi connectivity index (χ1) is 8.88. The summed E-state index contributed by atoms with van der Waals surface area (Å²) in [7, 11) is 0. The summed E-state index contributed by atoms with van der Waals surface area (Å²) in [6, 6.07) is 8.89. The molecule has 1 amide bonds. The van der Waals surface area contributed by atoms with Crippen molar-refractivity contribution in [3.8, 4) is 0 Å². The molecule has 0 bridgehead atoms. The first-order valence-electron chi connectivity index (χ1n) is 6.63. The van der Waals surface area contributed by atoms with Gasteiger partial charge in [0.25, 0.3) is 5.91 Å². The van der Waals surface area contributed by atoms with Crippen LogP contribution in [0.2, 0.25) is 0 Å². The molecule has 0 aliphatic rings. The van der Waals surface area contributed by atoms with Crippen LogP contribution in [0, 0.1) is 5.92 Å². The van der Waals surface area contributed by atoms with Crippen LogP contribution in [-0.2, 0) is 4.79 Å². The van der Waals surface area contributed by atoms with Crippen molar-refractivity contribution >= 4 is 5.91 Å². The minimum Gasteiger partial charge on any atom is -0.378 e. The van der Waals surface area contributed by atoms with Gasteiger partial charge in [-0.15, -0.1) is 0 Å². The molecule has 0 radical (unpaired) electrons. The summed E-state index contributed by atoms with van der Waals surface area (Å²) in [4.78, 5) is 12.1. The van der Waals surface area contributed by atoms with E-state index < -0.39 is 17.6 Å². The molecule has 1 aromatic rings. The van der Waals surface area contributed by atoms with Crippen LogP contribution in [0.4, 0.5) is 0 Å². The smallest absolute Gasteiger partial charge is 0.253 e. The quantitative estimate of drug-likeness (QED) is 0.730. The van der Waals surface area contributed by atoms with Gasteiger partial charge in [-0.1, -0.05) is 44.2 Å². The molecule has 0 saturated heterocycles. The van der Waals surface area contributed by atoms with E-state index in [1.54, 1.807) is 24.3 Å². The Morgan fingerprint density at radius 2 is 1.95 bits per heavy atom. The molecule has 2 unspecified atom stereocenters. The van der Waals surface area contributed by atoms with E-state index in [9.17, 15) is 9.90 Å². The third-order valence-corrected chi connectivity index (χ3v) is 3.10. The summed E-state index contributed by atoms with van der Waals surface area (Å²) in [5.74, 6) is 0.0162. The zero-order chi connectivity index (χ0) is 14.5. The monoisotopic (exact) mass is 264 g/mol. The van der Waals surface area contributed by atoms with Crippen LogP contribution in [0.3, 0.4) is 0 Å². The Balaban J connectivity index is 2.73. The van der Waals surface area contributed by atoms with E-state index in [1.165, 1.54) is 0 Å². The molecule has 0 heterocycles. The zero-order valence-corrected chi connectivity index (χ0v) is 11.9. The van der Waals surface area contributed by atoms with Gasteiger partial charge in [-0.3, -0.25) is 4.79 Å². The normalized spacial score (nSPS) is 15.9. The highest BCUT2D eigenvalue weighted by molar-refractivity contribution is 5.82. The number of hydrogen-bond acceptors (Lipinski definition) is 3. The first kappa shape index (κ1) is 15.7. The Hall–Kier alpha value is -1.39. The van der Waals surface area contributed by atoms with E-state index in [0.717, 1.165) is 6.42 Å². The van der Waals surface area contributed by atoms with E-state index in [-0.39, 0.29) is 0 Å². The van der Waals surface area contributed by atoms with Gasteiger partial charge in [0.05, 0.1) is 0 Å². The fourth-order valence-electron chi connectivity index (χ4n) is 2.24. The minimum atomic E-state index is -1.15. The SMILES string of the molecule is CC(C)CC(C)(CN)NC(=O)C(O)c1ccccc1. The van der Waals surface area contributed by atoms with Crippen molar-refractivity contribution in [1.29, 1.82) is 0 Å². The number of aliphatic hydroxyl groups is 1. The van der Waals surface area contributed by atoms with E-state index in [0.29, 0.717) is 18.0 Å². The molecule has 0 aromatic heterocycles. The van der Waals surface area contributed by atoms with Crippen molar-refractivity contribution < 1.29 is 9.90 Å². The largest absolute Gasteiger partial charge is 0.378 e. The highest BCUT2D eigenvalue weighted by Crippen LogP contribution is 2.18. The summed E-state index contributed by atoms with van der Waals surface area (Å²) < 4.78 is 0. The van der Waals surface area contributed by atoms with Gasteiger partial charge in [-0.25, -0.2) is 0 Å². The number of rotatable bonds is 6. The van der Waals surface area contributed by atoms with Crippen molar-refractivity contribution in [2.75, 3.05) is 6.54 Å². The third kappa shape index (κ3) is 4.65. The molecule has 1 rings (SSSR count). The van der Waals surface area contributed by atoms with Gasteiger partial charge in [0.2, 0.25) is 0 Å². The highest BCUT2D eigenvalue weighted by atomic mass is 16.3. The lowest BCUT2D eigenvalue weighted by Gasteiger charge is -2.32. The molecular formula is C15H24N2O2. The van der Waals surface area contributed by atoms with Gasteiger partial charge in [-0.2, -0.15) is 0 Å². The molecule has 4 heteroatoms. The topological polar surface area (TPSA) is 75.3 Å². The number of nitrogens with one attached hydrogen (secondary N) is 1. The van der Waals surface area contributed by atoms with Crippen LogP contribution in [0.25, 0.3) is 0 Å². The summed E-state index contributed by atoms with van der Waals surface area (Å²) in [5.41, 5.74) is 5.85. The number of aliphatic hydroxyl groups excluding tert-OH is 1. The standard InChI is InChI=1S/C15H24N2O2/c1-11(2)9-15(3,10-16)17-14(19)13(18)12-7-5-4-6-8-12/h4-8,11,13,18H,9-10,16H2,1-3H3,(H,17,19). The summed E-state index contributed by atoms with van der Waals surface area (Å²) in [5, 5.41) is 12.9. The van der Waals surface area contributed by atoms with Gasteiger partial charge in [-0.05, 0) is 24.8 Å². The third-order valence-electron chi connectivity index (χ3n) is 3.10. The lowest BCUT2D eigenvalue weighted by atomic mass is 9.90. The van der Waals surface area contributed by atoms with Crippen LogP contribution in [0.5, 0.6) is 0 Å². The van der Waals surface area contributed by atoms with Crippen LogP contribution in [0.1, 0.15) is 38.9 Å². The number of hydrogen-bond donors (Lipinski definition) is 3. The van der Waals surface area contributed by atoms with Crippen LogP contribution >= 0.6 is 0 Å². The van der Waals surface area contributed by atoms with E-state index >= 15 is 0 Å². The molecule has 4 N–H and O–H groups in total. The van der Waals surface area contributed by atoms with Crippen LogP contribution in [0.15, 0.2) is 30.3 Å². The van der Waals surface area contributed by atoms with Crippen molar-refractivity contribution in [3.05, 3.63) is 35.9 Å². The van der Waals surface area contributed by atoms with E-state index in [4.69, 9.17) is 5.73 Å². The maximum absolute atomic E-state index is 12.1. The van der Waals surface area contributed by atoms with Crippen molar-refractivity contribution in [1.82, 2.24) is 5.32 Å². The second kappa shape index (κ2) is 6.68. The highest BCUT2D eigenvalue weighted by Gasteiger charge is 2.29. The fraction of sp³-hybridized carbons (Fsp3) is 0.533. The van der Waals surface area contributed by atoms with Crippen molar-refractivity contribution in [3.63, 3.8) is 0 Å². The lowest BCUT2D eigenvalue weighted by molar-refractivity contribution is -0.131. The lowest BCUT2D eigenvalue weighted by Crippen LogP contribution is -2.53. The Morgan fingerprint density at radius 1 is 1.37 bits per heavy atom. The predicted octanol–water partition coefficient (Wildman–Crippen LogP) is 1.60. The number of carbonyl (C=O) groups excluding carboxylic acids is 1. The zero-order valence-electron chi connectivity index (χ0n) is 11.9. The fourth-order valence-corrected chi connectivity index (χ4v) is 2.24. The molecular weight excluding hydrogens is 240 g/mol. The average molecular weight is 264 g/mol. The second-order valence-corrected chi connectivity index (χ2v) is 5.67. The van der Waals surface area contributed by atoms with E-state index in [1.807, 2.05) is 13.0 Å². The van der Waals surface area contributed by atoms with Crippen LogP contribution in [-0.4, -0.2) is 23.1 Å². The second-order valence-electron chi connectivity index (χ2n) is 5.67. The van der Waals surface area contributed by atoms with Gasteiger partial charge in [0.15, 0.2) is 6.10 Å². The molecule has 0 aliphatic heterocycles. The Labute approximate surface area is 115 Å². The first-order valence-corrected chi connectivity index (χ1v) is 6.63. The Bertz CT molecular complexity index is 406.